The van der Waals surface area contributed by atoms with Crippen LogP contribution in [0, 0.1) is 13.8 Å². The molecule has 196 valence electrons. The highest BCUT2D eigenvalue weighted by Gasteiger charge is 2.38. The van der Waals surface area contributed by atoms with Gasteiger partial charge in [0.15, 0.2) is 0 Å². The zero-order chi connectivity index (χ0) is 26.3. The van der Waals surface area contributed by atoms with Crippen molar-refractivity contribution in [3.63, 3.8) is 0 Å². The maximum atomic E-state index is 13.7. The summed E-state index contributed by atoms with van der Waals surface area (Å²) in [5.74, 6) is -0.794. The molecule has 2 rings (SSSR count). The van der Waals surface area contributed by atoms with E-state index in [2.05, 4.69) is 10.6 Å². The fourth-order valence-corrected chi connectivity index (χ4v) is 4.57. The van der Waals surface area contributed by atoms with E-state index in [9.17, 15) is 19.5 Å². The highest BCUT2D eigenvalue weighted by molar-refractivity contribution is 5.92. The average molecular weight is 490 g/mol. The summed E-state index contributed by atoms with van der Waals surface area (Å²) in [4.78, 5) is 41.3. The maximum absolute atomic E-state index is 13.7. The van der Waals surface area contributed by atoms with Crippen molar-refractivity contribution < 1.29 is 24.2 Å². The van der Waals surface area contributed by atoms with Gasteiger partial charge >= 0.3 is 6.09 Å². The second-order valence-electron chi connectivity index (χ2n) is 10.8. The first-order valence-electron chi connectivity index (χ1n) is 12.6. The topological polar surface area (TPSA) is 108 Å². The first-order valence-corrected chi connectivity index (χ1v) is 12.6. The summed E-state index contributed by atoms with van der Waals surface area (Å²) >= 11 is 0. The highest BCUT2D eigenvalue weighted by Crippen LogP contribution is 2.29. The number of carbonyl (C=O) groups excluding carboxylic acids is 3. The molecule has 2 unspecified atom stereocenters. The lowest BCUT2D eigenvalue weighted by Gasteiger charge is -2.38. The molecule has 8 heteroatoms. The summed E-state index contributed by atoms with van der Waals surface area (Å²) in [6.45, 7) is 12.1. The number of benzene rings is 1. The summed E-state index contributed by atoms with van der Waals surface area (Å²) in [6.07, 6.45) is 4.33. The molecule has 3 N–H and O–H groups in total. The molecule has 3 amide bonds. The molecule has 0 radical (unpaired) electrons. The quantitative estimate of drug-likeness (QED) is 0.513. The third-order valence-corrected chi connectivity index (χ3v) is 6.18. The van der Waals surface area contributed by atoms with Gasteiger partial charge in [-0.15, -0.1) is 0 Å². The summed E-state index contributed by atoms with van der Waals surface area (Å²) in [6, 6.07) is 3.34. The van der Waals surface area contributed by atoms with Crippen LogP contribution >= 0.6 is 0 Å². The van der Waals surface area contributed by atoms with Gasteiger partial charge in [0.2, 0.25) is 11.8 Å². The first kappa shape index (κ1) is 28.6. The van der Waals surface area contributed by atoms with E-state index in [-0.39, 0.29) is 18.0 Å². The Labute approximate surface area is 209 Å². The van der Waals surface area contributed by atoms with Crippen LogP contribution in [0.25, 0.3) is 0 Å². The van der Waals surface area contributed by atoms with E-state index in [1.807, 2.05) is 45.9 Å². The number of aryl methyl sites for hydroxylation is 2. The second kappa shape index (κ2) is 12.4. The van der Waals surface area contributed by atoms with Gasteiger partial charge in [-0.05, 0) is 72.4 Å². The Kier molecular flexibility index (Phi) is 10.1. The third-order valence-electron chi connectivity index (χ3n) is 6.18. The van der Waals surface area contributed by atoms with Crippen molar-refractivity contribution in [3.8, 4) is 0 Å². The van der Waals surface area contributed by atoms with E-state index >= 15 is 0 Å². The molecular weight excluding hydrogens is 446 g/mol. The molecule has 0 aromatic heterocycles. The number of alkyl carbamates (subject to hydrolysis) is 1. The maximum Gasteiger partial charge on any atom is 0.408 e. The Hall–Kier alpha value is -2.61. The molecule has 1 aromatic carbocycles. The molecule has 1 saturated carbocycles. The van der Waals surface area contributed by atoms with Crippen molar-refractivity contribution in [2.45, 2.75) is 110 Å². The minimum absolute atomic E-state index is 0.0714. The van der Waals surface area contributed by atoms with E-state index in [1.54, 1.807) is 20.8 Å². The lowest BCUT2D eigenvalue weighted by atomic mass is 9.93. The Morgan fingerprint density at radius 1 is 1.11 bits per heavy atom. The normalized spacial score (nSPS) is 16.4. The lowest BCUT2D eigenvalue weighted by Crippen LogP contribution is -2.57. The van der Waals surface area contributed by atoms with Gasteiger partial charge in [0.05, 0.1) is 6.61 Å². The zero-order valence-corrected chi connectivity index (χ0v) is 22.3. The van der Waals surface area contributed by atoms with Gasteiger partial charge in [0, 0.05) is 12.1 Å². The molecule has 2 atom stereocenters. The monoisotopic (exact) mass is 489 g/mol. The van der Waals surface area contributed by atoms with Crippen LogP contribution in [-0.2, 0) is 14.3 Å². The number of carbonyl (C=O) groups is 3. The van der Waals surface area contributed by atoms with Gasteiger partial charge in [0.25, 0.3) is 0 Å². The molecule has 0 aliphatic heterocycles. The van der Waals surface area contributed by atoms with E-state index in [0.717, 1.165) is 48.8 Å². The van der Waals surface area contributed by atoms with Crippen LogP contribution in [0.1, 0.15) is 89.5 Å². The molecule has 8 nitrogen and oxygen atoms in total. The fraction of sp³-hybridized carbons (Fsp3) is 0.667. The van der Waals surface area contributed by atoms with Crippen LogP contribution < -0.4 is 10.6 Å². The third kappa shape index (κ3) is 8.23. The molecule has 0 spiro atoms. The highest BCUT2D eigenvalue weighted by atomic mass is 16.6. The molecule has 0 heterocycles. The number of aliphatic hydroxyl groups is 1. The molecule has 0 bridgehead atoms. The van der Waals surface area contributed by atoms with Gasteiger partial charge in [0.1, 0.15) is 17.7 Å². The summed E-state index contributed by atoms with van der Waals surface area (Å²) in [5.41, 5.74) is 1.92. The van der Waals surface area contributed by atoms with Crippen molar-refractivity contribution in [2.75, 3.05) is 6.61 Å². The largest absolute Gasteiger partial charge is 0.444 e. The van der Waals surface area contributed by atoms with E-state index < -0.39 is 36.3 Å². The molecule has 1 fully saturated rings. The van der Waals surface area contributed by atoms with E-state index in [1.165, 1.54) is 4.90 Å². The Morgan fingerprint density at radius 3 is 2.26 bits per heavy atom. The van der Waals surface area contributed by atoms with Gasteiger partial charge in [-0.3, -0.25) is 9.59 Å². The van der Waals surface area contributed by atoms with Crippen LogP contribution in [-0.4, -0.2) is 58.2 Å². The van der Waals surface area contributed by atoms with Crippen molar-refractivity contribution in [1.29, 1.82) is 0 Å². The van der Waals surface area contributed by atoms with Gasteiger partial charge in [-0.25, -0.2) is 4.79 Å². The summed E-state index contributed by atoms with van der Waals surface area (Å²) in [5, 5.41) is 15.6. The number of amides is 3. The fourth-order valence-electron chi connectivity index (χ4n) is 4.57. The SMILES string of the molecule is Cc1ccc(C(C(=O)NC2CCCCC2)N(C(=O)C(CO)NC(=O)OC(C)(C)C)C(C)C)c(C)c1. The number of aliphatic hydroxyl groups excluding tert-OH is 1. The molecule has 0 saturated heterocycles. The average Bonchev–Trinajstić information content (AvgIpc) is 2.75. The minimum Gasteiger partial charge on any atom is -0.444 e. The van der Waals surface area contributed by atoms with Crippen molar-refractivity contribution >= 4 is 17.9 Å². The molecule has 35 heavy (non-hydrogen) atoms. The Balaban J connectivity index is 2.42. The number of rotatable bonds is 8. The number of hydrogen-bond donors (Lipinski definition) is 3. The van der Waals surface area contributed by atoms with Crippen molar-refractivity contribution in [2.24, 2.45) is 0 Å². The van der Waals surface area contributed by atoms with Crippen molar-refractivity contribution in [1.82, 2.24) is 15.5 Å². The van der Waals surface area contributed by atoms with E-state index in [0.29, 0.717) is 0 Å². The molecular formula is C27H43N3O5. The Morgan fingerprint density at radius 2 is 1.74 bits per heavy atom. The smallest absolute Gasteiger partial charge is 0.408 e. The summed E-state index contributed by atoms with van der Waals surface area (Å²) in [7, 11) is 0. The Bertz CT molecular complexity index is 887. The number of nitrogens with zero attached hydrogens (tertiary/aromatic N) is 1. The van der Waals surface area contributed by atoms with Crippen LogP contribution in [0.2, 0.25) is 0 Å². The minimum atomic E-state index is -1.25. The van der Waals surface area contributed by atoms with Crippen LogP contribution in [0.3, 0.4) is 0 Å². The van der Waals surface area contributed by atoms with Crippen molar-refractivity contribution in [3.05, 3.63) is 34.9 Å². The summed E-state index contributed by atoms with van der Waals surface area (Å²) < 4.78 is 5.27. The molecule has 1 aromatic rings. The number of nitrogens with one attached hydrogen (secondary N) is 2. The first-order chi connectivity index (χ1) is 16.3. The van der Waals surface area contributed by atoms with Crippen LogP contribution in [0.15, 0.2) is 18.2 Å². The van der Waals surface area contributed by atoms with E-state index in [4.69, 9.17) is 4.74 Å². The predicted octanol–water partition coefficient (Wildman–Crippen LogP) is 3.92. The predicted molar refractivity (Wildman–Crippen MR) is 136 cm³/mol. The molecule has 1 aliphatic carbocycles. The zero-order valence-electron chi connectivity index (χ0n) is 22.3. The lowest BCUT2D eigenvalue weighted by molar-refractivity contribution is -0.145. The number of ether oxygens (including phenoxy) is 1. The van der Waals surface area contributed by atoms with Crippen LogP contribution in [0.4, 0.5) is 4.79 Å². The number of hydrogen-bond acceptors (Lipinski definition) is 5. The van der Waals surface area contributed by atoms with Gasteiger partial charge in [-0.1, -0.05) is 43.0 Å². The van der Waals surface area contributed by atoms with Gasteiger partial charge in [-0.2, -0.15) is 0 Å². The second-order valence-corrected chi connectivity index (χ2v) is 10.8. The van der Waals surface area contributed by atoms with Gasteiger partial charge < -0.3 is 25.4 Å². The van der Waals surface area contributed by atoms with Crippen LogP contribution in [0.5, 0.6) is 0 Å². The standard InChI is InChI=1S/C27H43N3O5/c1-17(2)30(25(33)22(16-31)29-26(34)35-27(5,6)7)23(21-14-13-18(3)15-19(21)4)24(32)28-20-11-9-8-10-12-20/h13-15,17,20,22-23,31H,8-12,16H2,1-7H3,(H,28,32)(H,29,34). The molecule has 1 aliphatic rings.